The number of amides is 1. The lowest BCUT2D eigenvalue weighted by atomic mass is 9.99. The van der Waals surface area contributed by atoms with Gasteiger partial charge in [-0.3, -0.25) is 4.79 Å². The van der Waals surface area contributed by atoms with Gasteiger partial charge >= 0.3 is 0 Å². The van der Waals surface area contributed by atoms with Gasteiger partial charge in [-0.15, -0.1) is 0 Å². The molecule has 2 bridgehead atoms. The molecule has 2 aromatic rings. The fraction of sp³-hybridized carbons (Fsp3) is 0.526. The molecule has 0 spiro atoms. The van der Waals surface area contributed by atoms with Crippen LogP contribution in [0.4, 0.5) is 0 Å². The summed E-state index contributed by atoms with van der Waals surface area (Å²) < 4.78 is 16.0. The summed E-state index contributed by atoms with van der Waals surface area (Å²) in [6.07, 6.45) is 3.52. The maximum atomic E-state index is 12.9. The number of methoxy groups -OCH3 is 1. The van der Waals surface area contributed by atoms with Crippen molar-refractivity contribution in [2.24, 2.45) is 5.92 Å². The fourth-order valence-electron chi connectivity index (χ4n) is 4.21. The number of hydrogen-bond donors (Lipinski definition) is 0. The number of piperidine rings is 1. The molecule has 2 aliphatic rings. The normalized spacial score (nSPS) is 24.1. The molecule has 0 N–H and O–H groups in total. The number of fused-ring (bicyclic) bond motifs is 2. The molecular weight excluding hydrogens is 334 g/mol. The second-order valence-electron chi connectivity index (χ2n) is 7.06. The first-order valence-corrected chi connectivity index (χ1v) is 9.01. The van der Waals surface area contributed by atoms with Crippen molar-refractivity contribution in [3.8, 4) is 11.5 Å². The van der Waals surface area contributed by atoms with Gasteiger partial charge in [0, 0.05) is 12.1 Å². The lowest BCUT2D eigenvalue weighted by molar-refractivity contribution is -0.135. The van der Waals surface area contributed by atoms with Crippen LogP contribution in [0, 0.1) is 12.8 Å². The van der Waals surface area contributed by atoms with E-state index < -0.39 is 0 Å². The molecule has 26 heavy (non-hydrogen) atoms. The van der Waals surface area contributed by atoms with Gasteiger partial charge in [-0.05, 0) is 44.2 Å². The van der Waals surface area contributed by atoms with Crippen LogP contribution in [0.1, 0.15) is 30.7 Å². The minimum absolute atomic E-state index is 0.0789. The van der Waals surface area contributed by atoms with Crippen LogP contribution in [0.2, 0.25) is 0 Å². The van der Waals surface area contributed by atoms with E-state index in [1.807, 2.05) is 29.2 Å². The molecule has 7 nitrogen and oxygen atoms in total. The molecule has 138 valence electrons. The van der Waals surface area contributed by atoms with Crippen molar-refractivity contribution in [2.75, 3.05) is 13.7 Å². The fourth-order valence-corrected chi connectivity index (χ4v) is 4.21. The van der Waals surface area contributed by atoms with E-state index in [-0.39, 0.29) is 18.4 Å². The van der Waals surface area contributed by atoms with Crippen LogP contribution < -0.4 is 9.47 Å². The van der Waals surface area contributed by atoms with Gasteiger partial charge in [0.15, 0.2) is 0 Å². The van der Waals surface area contributed by atoms with Gasteiger partial charge in [0.05, 0.1) is 19.6 Å². The Balaban J connectivity index is 1.45. The van der Waals surface area contributed by atoms with E-state index in [9.17, 15) is 4.79 Å². The first-order valence-electron chi connectivity index (χ1n) is 9.01. The molecule has 1 aliphatic carbocycles. The molecule has 3 atom stereocenters. The Bertz CT molecular complexity index is 791. The zero-order valence-corrected chi connectivity index (χ0v) is 15.1. The van der Waals surface area contributed by atoms with Crippen LogP contribution in [-0.4, -0.2) is 46.9 Å². The van der Waals surface area contributed by atoms with E-state index in [1.54, 1.807) is 14.0 Å². The predicted octanol–water partition coefficient (Wildman–Crippen LogP) is 2.39. The highest BCUT2D eigenvalue weighted by Crippen LogP contribution is 2.43. The summed E-state index contributed by atoms with van der Waals surface area (Å²) in [7, 11) is 1.64. The van der Waals surface area contributed by atoms with Crippen molar-refractivity contribution in [2.45, 2.75) is 44.7 Å². The molecule has 1 aliphatic heterocycles. The zero-order chi connectivity index (χ0) is 18.1. The number of nitrogens with zero attached hydrogens (tertiary/aromatic N) is 3. The van der Waals surface area contributed by atoms with E-state index in [1.165, 1.54) is 0 Å². The number of benzene rings is 1. The van der Waals surface area contributed by atoms with Crippen molar-refractivity contribution in [3.63, 3.8) is 0 Å². The standard InChI is InChI=1S/C19H23N3O4/c1-12-17(21-26-20-12)10-19(23)22-14-7-6-13(8-14)18(22)11-25-16-5-3-4-15(9-16)24-2/h3-5,9,13-14,18H,6-8,10-11H2,1-2H3/t13-,14-,18+/m1/s1. The van der Waals surface area contributed by atoms with Crippen LogP contribution in [0.15, 0.2) is 28.9 Å². The third-order valence-electron chi connectivity index (χ3n) is 5.56. The van der Waals surface area contributed by atoms with Crippen molar-refractivity contribution in [3.05, 3.63) is 35.7 Å². The van der Waals surface area contributed by atoms with Crippen LogP contribution in [-0.2, 0) is 11.2 Å². The second-order valence-corrected chi connectivity index (χ2v) is 7.06. The topological polar surface area (TPSA) is 77.7 Å². The number of aryl methyl sites for hydroxylation is 1. The van der Waals surface area contributed by atoms with Crippen LogP contribution >= 0.6 is 0 Å². The second kappa shape index (κ2) is 6.97. The average Bonchev–Trinajstić information content (AvgIpc) is 3.37. The number of ether oxygens (including phenoxy) is 2. The lowest BCUT2D eigenvalue weighted by Crippen LogP contribution is -2.48. The Morgan fingerprint density at radius 3 is 2.92 bits per heavy atom. The molecule has 1 saturated heterocycles. The highest BCUT2D eigenvalue weighted by molar-refractivity contribution is 5.79. The van der Waals surface area contributed by atoms with E-state index in [0.717, 1.165) is 30.8 Å². The molecule has 1 aromatic carbocycles. The van der Waals surface area contributed by atoms with Crippen LogP contribution in [0.3, 0.4) is 0 Å². The van der Waals surface area contributed by atoms with Gasteiger partial charge in [0.1, 0.15) is 29.5 Å². The molecule has 0 radical (unpaired) electrons. The zero-order valence-electron chi connectivity index (χ0n) is 15.1. The molecule has 0 unspecified atom stereocenters. The minimum atomic E-state index is 0.0789. The number of carbonyl (C=O) groups is 1. The van der Waals surface area contributed by atoms with E-state index >= 15 is 0 Å². The number of rotatable bonds is 6. The van der Waals surface area contributed by atoms with Crippen LogP contribution in [0.5, 0.6) is 11.5 Å². The molecule has 2 heterocycles. The molecule has 1 saturated carbocycles. The van der Waals surface area contributed by atoms with Crippen molar-refractivity contribution >= 4 is 5.91 Å². The number of likely N-dealkylation sites (tertiary alicyclic amines) is 1. The SMILES string of the molecule is COc1cccc(OC[C@H]2[C@@H]3CC[C@H](C3)N2C(=O)Cc2nonc2C)c1. The quantitative estimate of drug-likeness (QED) is 0.790. The Kier molecular flexibility index (Phi) is 4.53. The predicted molar refractivity (Wildman–Crippen MR) is 93.0 cm³/mol. The van der Waals surface area contributed by atoms with Crippen LogP contribution in [0.25, 0.3) is 0 Å². The first-order chi connectivity index (χ1) is 12.7. The molecule has 1 aromatic heterocycles. The summed E-state index contributed by atoms with van der Waals surface area (Å²) >= 11 is 0. The van der Waals surface area contributed by atoms with E-state index in [2.05, 4.69) is 10.3 Å². The van der Waals surface area contributed by atoms with Gasteiger partial charge < -0.3 is 14.4 Å². The van der Waals surface area contributed by atoms with Gasteiger partial charge in [0.25, 0.3) is 0 Å². The molecular formula is C19H23N3O4. The third-order valence-corrected chi connectivity index (χ3v) is 5.56. The van der Waals surface area contributed by atoms with Gasteiger partial charge in [-0.25, -0.2) is 4.63 Å². The van der Waals surface area contributed by atoms with E-state index in [4.69, 9.17) is 14.1 Å². The van der Waals surface area contributed by atoms with Gasteiger partial charge in [-0.1, -0.05) is 16.4 Å². The highest BCUT2D eigenvalue weighted by Gasteiger charge is 2.48. The lowest BCUT2D eigenvalue weighted by Gasteiger charge is -2.35. The number of hydrogen-bond acceptors (Lipinski definition) is 6. The summed E-state index contributed by atoms with van der Waals surface area (Å²) in [5, 5.41) is 7.61. The molecule has 4 rings (SSSR count). The summed E-state index contributed by atoms with van der Waals surface area (Å²) in [6, 6.07) is 7.97. The monoisotopic (exact) mass is 357 g/mol. The van der Waals surface area contributed by atoms with Crippen molar-refractivity contribution in [1.82, 2.24) is 15.2 Å². The Morgan fingerprint density at radius 1 is 1.31 bits per heavy atom. The number of aromatic nitrogens is 2. The Labute approximate surface area is 152 Å². The summed E-state index contributed by atoms with van der Waals surface area (Å²) in [5.41, 5.74) is 1.29. The largest absolute Gasteiger partial charge is 0.497 e. The van der Waals surface area contributed by atoms with Crippen molar-refractivity contribution < 1.29 is 18.9 Å². The highest BCUT2D eigenvalue weighted by atomic mass is 16.6. The average molecular weight is 357 g/mol. The molecule has 2 fully saturated rings. The molecule has 7 heteroatoms. The first kappa shape index (κ1) is 16.9. The summed E-state index contributed by atoms with van der Waals surface area (Å²) in [5.74, 6) is 2.11. The Morgan fingerprint density at radius 2 is 2.15 bits per heavy atom. The maximum absolute atomic E-state index is 12.9. The number of carbonyl (C=O) groups excluding carboxylic acids is 1. The maximum Gasteiger partial charge on any atom is 0.229 e. The summed E-state index contributed by atoms with van der Waals surface area (Å²) in [6.45, 7) is 2.30. The molecule has 1 amide bonds. The summed E-state index contributed by atoms with van der Waals surface area (Å²) in [4.78, 5) is 14.9. The van der Waals surface area contributed by atoms with Gasteiger partial charge in [-0.2, -0.15) is 0 Å². The van der Waals surface area contributed by atoms with Gasteiger partial charge in [0.2, 0.25) is 5.91 Å². The smallest absolute Gasteiger partial charge is 0.229 e. The minimum Gasteiger partial charge on any atom is -0.497 e. The Hall–Kier alpha value is -2.57. The van der Waals surface area contributed by atoms with Crippen molar-refractivity contribution in [1.29, 1.82) is 0 Å². The third kappa shape index (κ3) is 3.13. The van der Waals surface area contributed by atoms with E-state index in [0.29, 0.717) is 30.0 Å².